The van der Waals surface area contributed by atoms with Crippen molar-refractivity contribution >= 4 is 29.0 Å². The predicted molar refractivity (Wildman–Crippen MR) is 58.9 cm³/mol. The Bertz CT molecular complexity index is 402. The Morgan fingerprint density at radius 1 is 1.57 bits per heavy atom. The first-order chi connectivity index (χ1) is 6.59. The molecular weight excluding hydrogens is 200 g/mol. The van der Waals surface area contributed by atoms with E-state index < -0.39 is 4.92 Å². The molecule has 0 fully saturated rings. The third-order valence-electron chi connectivity index (χ3n) is 1.52. The molecule has 72 valence electrons. The maximum absolute atomic E-state index is 10.4. The maximum atomic E-state index is 10.4. The number of nitro groups is 1. The van der Waals surface area contributed by atoms with Gasteiger partial charge in [0, 0.05) is 12.1 Å². The van der Waals surface area contributed by atoms with Crippen molar-refractivity contribution in [2.24, 2.45) is 5.73 Å². The summed E-state index contributed by atoms with van der Waals surface area (Å²) in [6.45, 7) is 0. The van der Waals surface area contributed by atoms with Gasteiger partial charge in [-0.2, -0.15) is 0 Å². The lowest BCUT2D eigenvalue weighted by atomic mass is 10.2. The van der Waals surface area contributed by atoms with E-state index in [-0.39, 0.29) is 10.7 Å². The lowest BCUT2D eigenvalue weighted by molar-refractivity contribution is -0.384. The van der Waals surface area contributed by atoms with E-state index in [0.717, 1.165) is 0 Å². The number of non-ortho nitro benzene ring substituents is 1. The minimum absolute atomic E-state index is 0.0510. The molecule has 5 heteroatoms. The molecule has 0 atom stereocenters. The highest BCUT2D eigenvalue weighted by Gasteiger charge is 2.03. The first kappa shape index (κ1) is 10.3. The van der Waals surface area contributed by atoms with Gasteiger partial charge in [-0.3, -0.25) is 10.1 Å². The van der Waals surface area contributed by atoms with Gasteiger partial charge in [-0.05, 0) is 11.6 Å². The lowest BCUT2D eigenvalue weighted by Crippen LogP contribution is -2.01. The van der Waals surface area contributed by atoms with E-state index in [4.69, 9.17) is 5.73 Å². The van der Waals surface area contributed by atoms with Crippen LogP contribution in [0.5, 0.6) is 0 Å². The molecule has 0 aliphatic heterocycles. The highest BCUT2D eigenvalue weighted by molar-refractivity contribution is 7.80. The zero-order chi connectivity index (χ0) is 10.6. The summed E-state index contributed by atoms with van der Waals surface area (Å²) in [5, 5.41) is 10.4. The molecule has 0 bridgehead atoms. The molecule has 0 saturated heterocycles. The summed E-state index contributed by atoms with van der Waals surface area (Å²) in [6.07, 6.45) is 3.16. The standard InChI is InChI=1S/C9H8N2O2S/c10-9(14)5-4-7-2-1-3-8(6-7)11(12)13/h1-6H,(H2,10,14)/b5-4+. The van der Waals surface area contributed by atoms with Crippen LogP contribution < -0.4 is 5.73 Å². The number of hydrogen-bond acceptors (Lipinski definition) is 3. The second kappa shape index (κ2) is 4.48. The average Bonchev–Trinajstić information content (AvgIpc) is 2.15. The SMILES string of the molecule is NC(=S)/C=C/c1cccc([N+](=O)[O-])c1. The minimum atomic E-state index is -0.446. The third kappa shape index (κ3) is 2.95. The lowest BCUT2D eigenvalue weighted by Gasteiger charge is -1.93. The number of nitro benzene ring substituents is 1. The van der Waals surface area contributed by atoms with Crippen molar-refractivity contribution in [1.82, 2.24) is 0 Å². The Labute approximate surface area is 86.2 Å². The van der Waals surface area contributed by atoms with Crippen LogP contribution in [0.25, 0.3) is 6.08 Å². The van der Waals surface area contributed by atoms with Gasteiger partial charge in [0.25, 0.3) is 5.69 Å². The molecule has 0 saturated carbocycles. The van der Waals surface area contributed by atoms with Crippen molar-refractivity contribution in [3.05, 3.63) is 46.0 Å². The first-order valence-corrected chi connectivity index (χ1v) is 4.22. The molecule has 4 nitrogen and oxygen atoms in total. The van der Waals surface area contributed by atoms with Gasteiger partial charge in [0.15, 0.2) is 0 Å². The average molecular weight is 208 g/mol. The second-order valence-corrected chi connectivity index (χ2v) is 3.06. The Hall–Kier alpha value is -1.75. The normalized spacial score (nSPS) is 10.3. The summed E-state index contributed by atoms with van der Waals surface area (Å²) in [7, 11) is 0. The summed E-state index contributed by atoms with van der Waals surface area (Å²) in [4.78, 5) is 10.2. The van der Waals surface area contributed by atoms with Crippen LogP contribution in [0.1, 0.15) is 5.56 Å². The van der Waals surface area contributed by atoms with Gasteiger partial charge < -0.3 is 5.73 Å². The van der Waals surface area contributed by atoms with Gasteiger partial charge in [-0.15, -0.1) is 0 Å². The molecule has 0 aliphatic carbocycles. The van der Waals surface area contributed by atoms with Crippen LogP contribution in [0.4, 0.5) is 5.69 Å². The zero-order valence-electron chi connectivity index (χ0n) is 7.21. The van der Waals surface area contributed by atoms with Gasteiger partial charge in [0.05, 0.1) is 9.91 Å². The minimum Gasteiger partial charge on any atom is -0.390 e. The molecule has 0 spiro atoms. The van der Waals surface area contributed by atoms with E-state index in [0.29, 0.717) is 5.56 Å². The van der Waals surface area contributed by atoms with E-state index in [2.05, 4.69) is 12.2 Å². The van der Waals surface area contributed by atoms with Crippen LogP contribution in [0, 0.1) is 10.1 Å². The quantitative estimate of drug-likeness (QED) is 0.356. The summed E-state index contributed by atoms with van der Waals surface area (Å²) < 4.78 is 0. The third-order valence-corrected chi connectivity index (χ3v) is 1.66. The summed E-state index contributed by atoms with van der Waals surface area (Å²) in [5.74, 6) is 0. The highest BCUT2D eigenvalue weighted by Crippen LogP contribution is 2.13. The molecule has 1 rings (SSSR count). The first-order valence-electron chi connectivity index (χ1n) is 3.81. The summed E-state index contributed by atoms with van der Waals surface area (Å²) in [5.41, 5.74) is 6.00. The van der Waals surface area contributed by atoms with Crippen LogP contribution in [-0.4, -0.2) is 9.91 Å². The Morgan fingerprint density at radius 2 is 2.29 bits per heavy atom. The molecule has 14 heavy (non-hydrogen) atoms. The van der Waals surface area contributed by atoms with E-state index in [1.54, 1.807) is 18.2 Å². The summed E-state index contributed by atoms with van der Waals surface area (Å²) >= 11 is 4.64. The van der Waals surface area contributed by atoms with Gasteiger partial charge in [-0.1, -0.05) is 30.4 Å². The van der Waals surface area contributed by atoms with Crippen molar-refractivity contribution in [3.8, 4) is 0 Å². The van der Waals surface area contributed by atoms with E-state index in [9.17, 15) is 10.1 Å². The van der Waals surface area contributed by atoms with Crippen LogP contribution in [0.3, 0.4) is 0 Å². The smallest absolute Gasteiger partial charge is 0.270 e. The summed E-state index contributed by atoms with van der Waals surface area (Å²) in [6, 6.07) is 6.23. The molecule has 0 heterocycles. The number of nitrogens with zero attached hydrogens (tertiary/aromatic N) is 1. The van der Waals surface area contributed by atoms with E-state index in [1.807, 2.05) is 0 Å². The molecule has 0 amide bonds. The Morgan fingerprint density at radius 3 is 2.86 bits per heavy atom. The Balaban J connectivity index is 2.94. The number of rotatable bonds is 3. The molecule has 2 N–H and O–H groups in total. The van der Waals surface area contributed by atoms with E-state index >= 15 is 0 Å². The van der Waals surface area contributed by atoms with Gasteiger partial charge in [-0.25, -0.2) is 0 Å². The number of thiocarbonyl (C=S) groups is 1. The fourth-order valence-electron chi connectivity index (χ4n) is 0.920. The predicted octanol–water partition coefficient (Wildman–Crippen LogP) is 1.89. The van der Waals surface area contributed by atoms with E-state index in [1.165, 1.54) is 18.2 Å². The van der Waals surface area contributed by atoms with Crippen molar-refractivity contribution in [2.45, 2.75) is 0 Å². The van der Waals surface area contributed by atoms with Crippen molar-refractivity contribution < 1.29 is 4.92 Å². The molecule has 0 radical (unpaired) electrons. The van der Waals surface area contributed by atoms with Crippen molar-refractivity contribution in [2.75, 3.05) is 0 Å². The molecule has 0 aliphatic rings. The number of hydrogen-bond donors (Lipinski definition) is 1. The molecule has 1 aromatic rings. The topological polar surface area (TPSA) is 69.2 Å². The van der Waals surface area contributed by atoms with Crippen molar-refractivity contribution in [1.29, 1.82) is 0 Å². The molecule has 0 unspecified atom stereocenters. The fourth-order valence-corrected chi connectivity index (χ4v) is 0.988. The maximum Gasteiger partial charge on any atom is 0.270 e. The van der Waals surface area contributed by atoms with Crippen LogP contribution >= 0.6 is 12.2 Å². The van der Waals surface area contributed by atoms with Gasteiger partial charge in [0.2, 0.25) is 0 Å². The number of nitrogens with two attached hydrogens (primary N) is 1. The second-order valence-electron chi connectivity index (χ2n) is 2.59. The van der Waals surface area contributed by atoms with Crippen LogP contribution in [0.15, 0.2) is 30.3 Å². The van der Waals surface area contributed by atoms with Gasteiger partial charge >= 0.3 is 0 Å². The van der Waals surface area contributed by atoms with Crippen LogP contribution in [-0.2, 0) is 0 Å². The van der Waals surface area contributed by atoms with Gasteiger partial charge in [0.1, 0.15) is 0 Å². The fraction of sp³-hybridized carbons (Fsp3) is 0. The number of benzene rings is 1. The largest absolute Gasteiger partial charge is 0.390 e. The monoisotopic (exact) mass is 208 g/mol. The Kier molecular flexibility index (Phi) is 3.30. The highest BCUT2D eigenvalue weighted by atomic mass is 32.1. The molecule has 0 aromatic heterocycles. The molecule has 1 aromatic carbocycles. The molecular formula is C9H8N2O2S. The van der Waals surface area contributed by atoms with Crippen molar-refractivity contribution in [3.63, 3.8) is 0 Å². The zero-order valence-corrected chi connectivity index (χ0v) is 8.03. The van der Waals surface area contributed by atoms with Crippen LogP contribution in [0.2, 0.25) is 0 Å².